The number of carbonyl (C=O) groups excluding carboxylic acids is 1. The van der Waals surface area contributed by atoms with Crippen LogP contribution in [0.25, 0.3) is 0 Å². The first-order chi connectivity index (χ1) is 11.6. The van der Waals surface area contributed by atoms with E-state index in [1.807, 2.05) is 0 Å². The lowest BCUT2D eigenvalue weighted by molar-refractivity contribution is -0.127. The summed E-state index contributed by atoms with van der Waals surface area (Å²) in [6.07, 6.45) is 1.42. The maximum atomic E-state index is 12.1. The summed E-state index contributed by atoms with van der Waals surface area (Å²) >= 11 is 0. The molecule has 3 atom stereocenters. The van der Waals surface area contributed by atoms with Crippen molar-refractivity contribution in [3.63, 3.8) is 0 Å². The predicted octanol–water partition coefficient (Wildman–Crippen LogP) is 0.667. The third-order valence-electron chi connectivity index (χ3n) is 3.68. The van der Waals surface area contributed by atoms with Crippen LogP contribution in [0.2, 0.25) is 0 Å². The molecule has 8 heteroatoms. The fourth-order valence-electron chi connectivity index (χ4n) is 2.32. The molecule has 134 valence electrons. The van der Waals surface area contributed by atoms with Gasteiger partial charge in [-0.3, -0.25) is 13.8 Å². The van der Waals surface area contributed by atoms with Gasteiger partial charge in [-0.15, -0.1) is 0 Å². The van der Waals surface area contributed by atoms with E-state index in [2.05, 4.69) is 5.48 Å². The summed E-state index contributed by atoms with van der Waals surface area (Å²) in [5.41, 5.74) is 8.83. The highest BCUT2D eigenvalue weighted by molar-refractivity contribution is 7.85. The van der Waals surface area contributed by atoms with Crippen LogP contribution < -0.4 is 11.2 Å². The molecule has 1 aromatic rings. The van der Waals surface area contributed by atoms with Gasteiger partial charge in [-0.05, 0) is 24.1 Å². The number of ether oxygens (including phenoxy) is 2. The van der Waals surface area contributed by atoms with Crippen LogP contribution in [0.3, 0.4) is 0 Å². The summed E-state index contributed by atoms with van der Waals surface area (Å²) in [5.74, 6) is -0.00182. The van der Waals surface area contributed by atoms with Crippen molar-refractivity contribution in [3.05, 3.63) is 29.8 Å². The monoisotopic (exact) mass is 356 g/mol. The number of methoxy groups -OCH3 is 1. The Morgan fingerprint density at radius 1 is 1.46 bits per heavy atom. The van der Waals surface area contributed by atoms with E-state index < -0.39 is 22.7 Å². The minimum atomic E-state index is -1.09. The third-order valence-corrected chi connectivity index (χ3v) is 5.14. The van der Waals surface area contributed by atoms with Gasteiger partial charge in [0.05, 0.1) is 17.4 Å². The average molecular weight is 356 g/mol. The Balaban J connectivity index is 1.94. The Bertz CT molecular complexity index is 546. The molecule has 24 heavy (non-hydrogen) atoms. The van der Waals surface area contributed by atoms with Gasteiger partial charge in [0.1, 0.15) is 12.1 Å². The minimum Gasteiger partial charge on any atom is -0.385 e. The molecule has 0 aromatic heterocycles. The number of amides is 1. The molecule has 1 saturated heterocycles. The number of nitrogens with two attached hydrogens (primary N) is 1. The molecular formula is C16H24N2O5S. The first-order valence-corrected chi connectivity index (χ1v) is 9.19. The van der Waals surface area contributed by atoms with Crippen LogP contribution in [0.4, 0.5) is 0 Å². The summed E-state index contributed by atoms with van der Waals surface area (Å²) in [6.45, 7) is 1.73. The van der Waals surface area contributed by atoms with Crippen molar-refractivity contribution in [3.8, 4) is 0 Å². The Kier molecular flexibility index (Phi) is 7.80. The number of rotatable bonds is 10. The molecule has 3 N–H and O–H groups in total. The highest BCUT2D eigenvalue weighted by atomic mass is 32.2. The first-order valence-electron chi connectivity index (χ1n) is 7.87. The number of carbonyl (C=O) groups is 1. The zero-order valence-corrected chi connectivity index (χ0v) is 14.6. The molecule has 2 unspecified atom stereocenters. The van der Waals surface area contributed by atoms with Crippen LogP contribution in [0, 0.1) is 0 Å². The quantitative estimate of drug-likeness (QED) is 0.472. The van der Waals surface area contributed by atoms with Crippen molar-refractivity contribution in [2.75, 3.05) is 32.7 Å². The molecule has 7 nitrogen and oxygen atoms in total. The van der Waals surface area contributed by atoms with E-state index in [1.165, 1.54) is 0 Å². The summed E-state index contributed by atoms with van der Waals surface area (Å²) in [7, 11) is 0.532. The van der Waals surface area contributed by atoms with Gasteiger partial charge in [0.15, 0.2) is 0 Å². The second-order valence-corrected chi connectivity index (χ2v) is 7.09. The van der Waals surface area contributed by atoms with Gasteiger partial charge in [-0.2, -0.15) is 5.48 Å². The number of hydrogen-bond acceptors (Lipinski definition) is 6. The highest BCUT2D eigenvalue weighted by Gasteiger charge is 2.22. The summed E-state index contributed by atoms with van der Waals surface area (Å²) < 4.78 is 22.3. The van der Waals surface area contributed by atoms with Crippen LogP contribution in [0.15, 0.2) is 29.2 Å². The molecule has 1 fully saturated rings. The van der Waals surface area contributed by atoms with Gasteiger partial charge in [0, 0.05) is 37.4 Å². The van der Waals surface area contributed by atoms with Gasteiger partial charge < -0.3 is 15.2 Å². The number of benzene rings is 1. The summed E-state index contributed by atoms with van der Waals surface area (Å²) in [4.78, 5) is 17.9. The molecule has 0 radical (unpaired) electrons. The number of hydrogen-bond donors (Lipinski definition) is 2. The minimum absolute atomic E-state index is 0.0839. The van der Waals surface area contributed by atoms with Gasteiger partial charge in [0.25, 0.3) is 0 Å². The molecule has 1 aromatic carbocycles. The highest BCUT2D eigenvalue weighted by Crippen LogP contribution is 2.17. The first kappa shape index (κ1) is 19.0. The van der Waals surface area contributed by atoms with E-state index in [1.54, 1.807) is 31.4 Å². The third kappa shape index (κ3) is 5.64. The van der Waals surface area contributed by atoms with E-state index in [0.29, 0.717) is 36.0 Å². The Labute approximate surface area is 144 Å². The summed E-state index contributed by atoms with van der Waals surface area (Å²) in [5, 5.41) is 0. The topological polar surface area (TPSA) is 99.9 Å². The van der Waals surface area contributed by atoms with Crippen molar-refractivity contribution in [1.82, 2.24) is 5.48 Å². The molecular weight excluding hydrogens is 332 g/mol. The van der Waals surface area contributed by atoms with E-state index in [9.17, 15) is 9.00 Å². The molecule has 0 aliphatic carbocycles. The van der Waals surface area contributed by atoms with Crippen molar-refractivity contribution in [2.24, 2.45) is 5.73 Å². The maximum Gasteiger partial charge on any atom is 0.241 e. The fourth-order valence-corrected chi connectivity index (χ4v) is 3.38. The molecule has 0 saturated carbocycles. The van der Waals surface area contributed by atoms with E-state index >= 15 is 0 Å². The van der Waals surface area contributed by atoms with Crippen LogP contribution in [-0.4, -0.2) is 48.9 Å². The second-order valence-electron chi connectivity index (χ2n) is 5.52. The van der Waals surface area contributed by atoms with Gasteiger partial charge in [-0.1, -0.05) is 12.1 Å². The maximum absolute atomic E-state index is 12.1. The Hall–Kier alpha value is -1.32. The Morgan fingerprint density at radius 2 is 2.21 bits per heavy atom. The van der Waals surface area contributed by atoms with Crippen LogP contribution in [0.1, 0.15) is 24.4 Å². The van der Waals surface area contributed by atoms with Crippen molar-refractivity contribution < 1.29 is 23.3 Å². The van der Waals surface area contributed by atoms with Gasteiger partial charge in [0.2, 0.25) is 5.91 Å². The van der Waals surface area contributed by atoms with Crippen LogP contribution in [0.5, 0.6) is 0 Å². The predicted molar refractivity (Wildman–Crippen MR) is 89.6 cm³/mol. The van der Waals surface area contributed by atoms with Crippen LogP contribution >= 0.6 is 0 Å². The molecule has 0 spiro atoms. The second kappa shape index (κ2) is 9.85. The van der Waals surface area contributed by atoms with E-state index in [0.717, 1.165) is 12.8 Å². The number of hydroxylamine groups is 1. The smallest absolute Gasteiger partial charge is 0.241 e. The number of primary amides is 1. The lowest BCUT2D eigenvalue weighted by atomic mass is 10.1. The van der Waals surface area contributed by atoms with Crippen LogP contribution in [-0.2, 0) is 29.9 Å². The van der Waals surface area contributed by atoms with Gasteiger partial charge in [-0.25, -0.2) is 0 Å². The molecule has 1 aliphatic rings. The lowest BCUT2D eigenvalue weighted by Gasteiger charge is -2.18. The van der Waals surface area contributed by atoms with Gasteiger partial charge >= 0.3 is 0 Å². The molecule has 1 heterocycles. The van der Waals surface area contributed by atoms with Crippen molar-refractivity contribution in [2.45, 2.75) is 29.9 Å². The molecule has 1 amide bonds. The number of nitrogens with one attached hydrogen (secondary N) is 1. The van der Waals surface area contributed by atoms with Crippen molar-refractivity contribution >= 4 is 16.7 Å². The van der Waals surface area contributed by atoms with E-state index in [-0.39, 0.29) is 6.10 Å². The molecule has 0 bridgehead atoms. The summed E-state index contributed by atoms with van der Waals surface area (Å²) in [6, 6.07) is 6.20. The molecule has 1 aliphatic heterocycles. The van der Waals surface area contributed by atoms with Crippen molar-refractivity contribution in [1.29, 1.82) is 0 Å². The normalized spacial score (nSPS) is 20.0. The fraction of sp³-hybridized carbons (Fsp3) is 0.562. The Morgan fingerprint density at radius 3 is 2.79 bits per heavy atom. The zero-order valence-electron chi connectivity index (χ0n) is 13.7. The lowest BCUT2D eigenvalue weighted by Crippen LogP contribution is -2.36. The van der Waals surface area contributed by atoms with E-state index in [4.69, 9.17) is 20.0 Å². The SMILES string of the molecule is COCCCS(=O)c1ccc(C(NO[C@@H]2CCOC2)C(N)=O)cc1. The standard InChI is InChI=1S/C16H24N2O5S/c1-21-8-2-10-24(20)14-5-3-12(4-6-14)15(16(17)19)18-23-13-7-9-22-11-13/h3-6,13,15,18H,2,7-11H2,1H3,(H2,17,19)/t13-,15?,24?/m1/s1. The molecule has 2 rings (SSSR count). The average Bonchev–Trinajstić information content (AvgIpc) is 3.09. The zero-order chi connectivity index (χ0) is 17.4. The largest absolute Gasteiger partial charge is 0.385 e.